The number of terminal acetylenes is 1. The van der Waals surface area contributed by atoms with E-state index in [2.05, 4.69) is 19.8 Å². The van der Waals surface area contributed by atoms with Crippen molar-refractivity contribution in [2.75, 3.05) is 0 Å². The summed E-state index contributed by atoms with van der Waals surface area (Å²) in [7, 11) is 0. The van der Waals surface area contributed by atoms with E-state index in [-0.39, 0.29) is 10.8 Å². The van der Waals surface area contributed by atoms with Crippen LogP contribution in [0.3, 0.4) is 0 Å². The second-order valence-electron chi connectivity index (χ2n) is 8.97. The van der Waals surface area contributed by atoms with Crippen LogP contribution in [0.15, 0.2) is 11.6 Å². The molecule has 0 heterocycles. The van der Waals surface area contributed by atoms with Gasteiger partial charge < -0.3 is 5.11 Å². The molecule has 4 aliphatic rings. The van der Waals surface area contributed by atoms with Gasteiger partial charge in [0.05, 0.1) is 0 Å². The van der Waals surface area contributed by atoms with E-state index in [9.17, 15) is 9.90 Å². The number of carbonyl (C=O) groups is 1. The molecular formula is C21H28O2. The minimum absolute atomic E-state index is 0.120. The van der Waals surface area contributed by atoms with E-state index < -0.39 is 5.60 Å². The molecule has 0 bridgehead atoms. The van der Waals surface area contributed by atoms with Crippen molar-refractivity contribution in [3.63, 3.8) is 0 Å². The van der Waals surface area contributed by atoms with Crippen LogP contribution in [-0.4, -0.2) is 16.5 Å². The van der Waals surface area contributed by atoms with Gasteiger partial charge in [0.25, 0.3) is 0 Å². The third-order valence-corrected chi connectivity index (χ3v) is 8.35. The predicted molar refractivity (Wildman–Crippen MR) is 90.5 cm³/mol. The van der Waals surface area contributed by atoms with Crippen LogP contribution in [0.2, 0.25) is 0 Å². The summed E-state index contributed by atoms with van der Waals surface area (Å²) in [5, 5.41) is 11.0. The van der Waals surface area contributed by atoms with E-state index >= 15 is 0 Å². The van der Waals surface area contributed by atoms with Crippen LogP contribution in [0.25, 0.3) is 0 Å². The zero-order valence-corrected chi connectivity index (χ0v) is 14.4. The Morgan fingerprint density at radius 1 is 1.13 bits per heavy atom. The molecule has 1 N–H and O–H groups in total. The van der Waals surface area contributed by atoms with Gasteiger partial charge in [-0.3, -0.25) is 4.79 Å². The van der Waals surface area contributed by atoms with Crippen molar-refractivity contribution < 1.29 is 9.90 Å². The van der Waals surface area contributed by atoms with Crippen molar-refractivity contribution in [1.82, 2.24) is 0 Å². The van der Waals surface area contributed by atoms with Crippen LogP contribution in [-0.2, 0) is 4.79 Å². The first-order valence-electron chi connectivity index (χ1n) is 9.28. The highest BCUT2D eigenvalue weighted by molar-refractivity contribution is 5.91. The van der Waals surface area contributed by atoms with Gasteiger partial charge in [0.2, 0.25) is 0 Å². The molecule has 0 aromatic carbocycles. The van der Waals surface area contributed by atoms with E-state index in [1.807, 2.05) is 6.08 Å². The Morgan fingerprint density at radius 2 is 1.87 bits per heavy atom. The first kappa shape index (κ1) is 15.5. The normalized spacial score (nSPS) is 52.0. The van der Waals surface area contributed by atoms with E-state index in [0.717, 1.165) is 38.5 Å². The van der Waals surface area contributed by atoms with Crippen LogP contribution in [0.4, 0.5) is 0 Å². The van der Waals surface area contributed by atoms with Gasteiger partial charge in [-0.25, -0.2) is 0 Å². The zero-order chi connectivity index (χ0) is 16.5. The number of ketones is 1. The molecule has 0 unspecified atom stereocenters. The van der Waals surface area contributed by atoms with Gasteiger partial charge in [0, 0.05) is 11.8 Å². The Morgan fingerprint density at radius 3 is 2.61 bits per heavy atom. The maximum atomic E-state index is 11.8. The predicted octanol–water partition coefficient (Wildman–Crippen LogP) is 3.88. The molecule has 3 saturated carbocycles. The van der Waals surface area contributed by atoms with E-state index in [1.54, 1.807) is 0 Å². The Hall–Kier alpha value is -1.07. The average Bonchev–Trinajstić information content (AvgIpc) is 2.80. The number of rotatable bonds is 0. The second-order valence-corrected chi connectivity index (χ2v) is 8.97. The lowest BCUT2D eigenvalue weighted by molar-refractivity contribution is -0.119. The van der Waals surface area contributed by atoms with Gasteiger partial charge >= 0.3 is 0 Å². The molecule has 124 valence electrons. The Labute approximate surface area is 139 Å². The number of hydrogen-bond acceptors (Lipinski definition) is 2. The highest BCUT2D eigenvalue weighted by atomic mass is 16.3. The van der Waals surface area contributed by atoms with Crippen molar-refractivity contribution in [3.8, 4) is 12.3 Å². The molecule has 0 saturated heterocycles. The summed E-state index contributed by atoms with van der Waals surface area (Å²) in [5.41, 5.74) is 0.575. The van der Waals surface area contributed by atoms with Crippen LogP contribution >= 0.6 is 0 Å². The first-order chi connectivity index (χ1) is 10.8. The van der Waals surface area contributed by atoms with Crippen LogP contribution in [0, 0.1) is 40.9 Å². The van der Waals surface area contributed by atoms with E-state index in [1.165, 1.54) is 12.0 Å². The number of hydrogen-bond donors (Lipinski definition) is 1. The van der Waals surface area contributed by atoms with Crippen molar-refractivity contribution in [1.29, 1.82) is 0 Å². The van der Waals surface area contributed by atoms with Gasteiger partial charge in [-0.15, -0.1) is 6.42 Å². The quantitative estimate of drug-likeness (QED) is 0.689. The molecule has 2 heteroatoms. The molecule has 0 spiro atoms. The molecule has 0 aromatic rings. The second kappa shape index (κ2) is 4.73. The lowest BCUT2D eigenvalue weighted by Crippen LogP contribution is -2.54. The lowest BCUT2D eigenvalue weighted by atomic mass is 9.46. The first-order valence-corrected chi connectivity index (χ1v) is 9.28. The molecule has 0 aromatic heterocycles. The van der Waals surface area contributed by atoms with Crippen molar-refractivity contribution in [3.05, 3.63) is 11.6 Å². The molecule has 4 rings (SSSR count). The molecule has 2 nitrogen and oxygen atoms in total. The lowest BCUT2D eigenvalue weighted by Gasteiger charge is -2.58. The van der Waals surface area contributed by atoms with Crippen LogP contribution < -0.4 is 0 Å². The summed E-state index contributed by atoms with van der Waals surface area (Å²) < 4.78 is 0. The topological polar surface area (TPSA) is 37.3 Å². The highest BCUT2D eigenvalue weighted by Gasteiger charge is 2.63. The van der Waals surface area contributed by atoms with Gasteiger partial charge in [-0.05, 0) is 74.2 Å². The molecule has 6 atom stereocenters. The number of aliphatic hydroxyl groups is 1. The standard InChI is InChI=1S/C21H28O2/c1-4-21(23)12-9-18-16-6-5-14-13-15(22)7-10-19(14,2)17(16)8-11-20(18,21)3/h1,13,16-18,23H,5-12H2,2-3H3/t16-,17+,18-,19-,20+,21-/m0/s1. The molecule has 0 radical (unpaired) electrons. The molecule has 0 aliphatic heterocycles. The Balaban J connectivity index is 1.70. The third kappa shape index (κ3) is 1.84. The maximum Gasteiger partial charge on any atom is 0.155 e. The summed E-state index contributed by atoms with van der Waals surface area (Å²) in [6.07, 6.45) is 15.6. The van der Waals surface area contributed by atoms with Crippen LogP contribution in [0.5, 0.6) is 0 Å². The number of carbonyl (C=O) groups excluding carboxylic acids is 1. The molecule has 0 amide bonds. The van der Waals surface area contributed by atoms with Gasteiger partial charge in [-0.2, -0.15) is 0 Å². The van der Waals surface area contributed by atoms with E-state index in [4.69, 9.17) is 6.42 Å². The monoisotopic (exact) mass is 312 g/mol. The fourth-order valence-corrected chi connectivity index (χ4v) is 6.81. The molecule has 23 heavy (non-hydrogen) atoms. The summed E-state index contributed by atoms with van der Waals surface area (Å²) in [4.78, 5) is 11.8. The van der Waals surface area contributed by atoms with Gasteiger partial charge in [-0.1, -0.05) is 25.3 Å². The van der Waals surface area contributed by atoms with Crippen LogP contribution in [0.1, 0.15) is 65.2 Å². The summed E-state index contributed by atoms with van der Waals surface area (Å²) in [6.45, 7) is 4.63. The summed E-state index contributed by atoms with van der Waals surface area (Å²) in [6, 6.07) is 0. The largest absolute Gasteiger partial charge is 0.377 e. The fraction of sp³-hybridized carbons (Fsp3) is 0.762. The highest BCUT2D eigenvalue weighted by Crippen LogP contribution is 2.67. The van der Waals surface area contributed by atoms with Crippen molar-refractivity contribution >= 4 is 5.78 Å². The Kier molecular flexibility index (Phi) is 3.18. The van der Waals surface area contributed by atoms with Crippen molar-refractivity contribution in [2.24, 2.45) is 28.6 Å². The number of allylic oxidation sites excluding steroid dienone is 1. The van der Waals surface area contributed by atoms with Crippen molar-refractivity contribution in [2.45, 2.75) is 70.8 Å². The number of fused-ring (bicyclic) bond motifs is 5. The van der Waals surface area contributed by atoms with E-state index in [0.29, 0.717) is 30.0 Å². The average molecular weight is 312 g/mol. The maximum absolute atomic E-state index is 11.8. The third-order valence-electron chi connectivity index (χ3n) is 8.35. The van der Waals surface area contributed by atoms with Gasteiger partial charge in [0.15, 0.2) is 5.78 Å². The van der Waals surface area contributed by atoms with Gasteiger partial charge in [0.1, 0.15) is 5.60 Å². The summed E-state index contributed by atoms with van der Waals surface area (Å²) in [5.74, 6) is 4.93. The molecular weight excluding hydrogens is 284 g/mol. The minimum atomic E-state index is -0.914. The molecule has 3 fully saturated rings. The zero-order valence-electron chi connectivity index (χ0n) is 14.4. The summed E-state index contributed by atoms with van der Waals surface area (Å²) >= 11 is 0. The molecule has 4 aliphatic carbocycles. The fourth-order valence-electron chi connectivity index (χ4n) is 6.81. The minimum Gasteiger partial charge on any atom is -0.377 e. The Bertz CT molecular complexity index is 626. The SMILES string of the molecule is C#C[C@]1(O)CC[C@H]2[C@H]3CCC4=CC(=O)CC[C@]4(C)[C@@H]3CC[C@]21C. The smallest absolute Gasteiger partial charge is 0.155 e.